The zero-order chi connectivity index (χ0) is 21.8. The third-order valence-corrected chi connectivity index (χ3v) is 5.45. The highest BCUT2D eigenvalue weighted by atomic mass is 79.9. The molecular weight excluding hydrogens is 478 g/mol. The number of anilines is 1. The van der Waals surface area contributed by atoms with Crippen LogP contribution in [0, 0.1) is 0 Å². The van der Waals surface area contributed by atoms with Crippen molar-refractivity contribution in [2.24, 2.45) is 0 Å². The molecule has 3 aromatic carbocycles. The number of aromatic nitrogens is 2. The second-order valence-electron chi connectivity index (χ2n) is 6.89. The molecule has 31 heavy (non-hydrogen) atoms. The van der Waals surface area contributed by atoms with Gasteiger partial charge in [-0.25, -0.2) is 0 Å². The molecule has 0 aliphatic carbocycles. The second-order valence-corrected chi connectivity index (χ2v) is 8.24. The summed E-state index contributed by atoms with van der Waals surface area (Å²) in [5.41, 5.74) is 2.72. The SMILES string of the molecule is O=C(Nc1cnn(Cc2ccc(Br)cc2)c1)c1ccccc1C(=O)c1ccc(Cl)cc1. The number of rotatable bonds is 6. The lowest BCUT2D eigenvalue weighted by Gasteiger charge is -2.09. The van der Waals surface area contributed by atoms with Gasteiger partial charge in [-0.3, -0.25) is 14.3 Å². The summed E-state index contributed by atoms with van der Waals surface area (Å²) in [6, 6.07) is 21.3. The van der Waals surface area contributed by atoms with Crippen LogP contribution in [0.5, 0.6) is 0 Å². The van der Waals surface area contributed by atoms with Crippen LogP contribution in [-0.4, -0.2) is 21.5 Å². The Labute approximate surface area is 192 Å². The van der Waals surface area contributed by atoms with E-state index < -0.39 is 0 Å². The summed E-state index contributed by atoms with van der Waals surface area (Å²) in [4.78, 5) is 25.8. The van der Waals surface area contributed by atoms with Gasteiger partial charge in [0.2, 0.25) is 0 Å². The Balaban J connectivity index is 1.50. The van der Waals surface area contributed by atoms with Crippen LogP contribution < -0.4 is 5.32 Å². The highest BCUT2D eigenvalue weighted by molar-refractivity contribution is 9.10. The first-order valence-corrected chi connectivity index (χ1v) is 10.6. The maximum absolute atomic E-state index is 12.9. The third-order valence-electron chi connectivity index (χ3n) is 4.67. The van der Waals surface area contributed by atoms with Gasteiger partial charge in [0.25, 0.3) is 5.91 Å². The highest BCUT2D eigenvalue weighted by Gasteiger charge is 2.18. The number of ketones is 1. The fraction of sp³-hybridized carbons (Fsp3) is 0.0417. The Morgan fingerprint density at radius 3 is 2.32 bits per heavy atom. The van der Waals surface area contributed by atoms with E-state index in [-0.39, 0.29) is 11.7 Å². The summed E-state index contributed by atoms with van der Waals surface area (Å²) in [7, 11) is 0. The average molecular weight is 495 g/mol. The number of amides is 1. The molecule has 1 heterocycles. The third kappa shape index (κ3) is 5.10. The van der Waals surface area contributed by atoms with Gasteiger partial charge in [0.05, 0.1) is 24.0 Å². The normalized spacial score (nSPS) is 10.6. The molecule has 1 amide bonds. The first-order valence-electron chi connectivity index (χ1n) is 9.47. The molecule has 0 atom stereocenters. The van der Waals surface area contributed by atoms with E-state index >= 15 is 0 Å². The fourth-order valence-electron chi connectivity index (χ4n) is 3.13. The molecule has 4 rings (SSSR count). The number of benzene rings is 3. The minimum absolute atomic E-state index is 0.242. The van der Waals surface area contributed by atoms with E-state index in [0.717, 1.165) is 10.0 Å². The maximum Gasteiger partial charge on any atom is 0.256 e. The molecule has 0 aliphatic rings. The van der Waals surface area contributed by atoms with E-state index in [1.165, 1.54) is 0 Å². The van der Waals surface area contributed by atoms with Gasteiger partial charge in [-0.15, -0.1) is 0 Å². The van der Waals surface area contributed by atoms with Gasteiger partial charge in [-0.1, -0.05) is 57.9 Å². The molecule has 0 bridgehead atoms. The zero-order valence-corrected chi connectivity index (χ0v) is 18.6. The standard InChI is InChI=1S/C24H17BrClN3O2/c25-18-9-5-16(6-10-18)14-29-15-20(13-27-29)28-24(31)22-4-2-1-3-21(22)23(30)17-7-11-19(26)12-8-17/h1-13,15H,14H2,(H,28,31). The Hall–Kier alpha value is -3.22. The zero-order valence-electron chi connectivity index (χ0n) is 16.3. The first-order chi connectivity index (χ1) is 15.0. The van der Waals surface area contributed by atoms with E-state index in [9.17, 15) is 9.59 Å². The quantitative estimate of drug-likeness (QED) is 0.343. The van der Waals surface area contributed by atoms with Crippen molar-refractivity contribution in [3.8, 4) is 0 Å². The number of halogens is 2. The molecular formula is C24H17BrClN3O2. The van der Waals surface area contributed by atoms with Gasteiger partial charge in [0.1, 0.15) is 0 Å². The van der Waals surface area contributed by atoms with Crippen molar-refractivity contribution >= 4 is 44.9 Å². The lowest BCUT2D eigenvalue weighted by atomic mass is 9.98. The van der Waals surface area contributed by atoms with Crippen molar-refractivity contribution in [2.45, 2.75) is 6.54 Å². The second kappa shape index (κ2) is 9.29. The number of nitrogens with zero attached hydrogens (tertiary/aromatic N) is 2. The minimum atomic E-state index is -0.374. The predicted molar refractivity (Wildman–Crippen MR) is 125 cm³/mol. The Kier molecular flexibility index (Phi) is 6.30. The Bertz CT molecular complexity index is 1230. The molecule has 4 aromatic rings. The molecule has 154 valence electrons. The van der Waals surface area contributed by atoms with Crippen LogP contribution in [0.15, 0.2) is 89.7 Å². The topological polar surface area (TPSA) is 64.0 Å². The summed E-state index contributed by atoms with van der Waals surface area (Å²) in [5, 5.41) is 7.68. The van der Waals surface area contributed by atoms with Crippen LogP contribution in [0.3, 0.4) is 0 Å². The molecule has 0 radical (unpaired) electrons. The fourth-order valence-corrected chi connectivity index (χ4v) is 3.52. The summed E-state index contributed by atoms with van der Waals surface area (Å²) >= 11 is 9.33. The van der Waals surface area contributed by atoms with Crippen LogP contribution in [0.1, 0.15) is 31.8 Å². The molecule has 0 saturated heterocycles. The van der Waals surface area contributed by atoms with Crippen LogP contribution in [0.2, 0.25) is 5.02 Å². The van der Waals surface area contributed by atoms with Crippen molar-refractivity contribution in [1.29, 1.82) is 0 Å². The van der Waals surface area contributed by atoms with E-state index in [0.29, 0.717) is 33.9 Å². The van der Waals surface area contributed by atoms with Crippen LogP contribution in [0.4, 0.5) is 5.69 Å². The van der Waals surface area contributed by atoms with Gasteiger partial charge in [0, 0.05) is 26.8 Å². The molecule has 0 aliphatic heterocycles. The van der Waals surface area contributed by atoms with Gasteiger partial charge >= 0.3 is 0 Å². The lowest BCUT2D eigenvalue weighted by molar-refractivity contribution is 0.0996. The Morgan fingerprint density at radius 1 is 0.935 bits per heavy atom. The molecule has 0 spiro atoms. The highest BCUT2D eigenvalue weighted by Crippen LogP contribution is 2.19. The average Bonchev–Trinajstić information content (AvgIpc) is 3.22. The molecule has 1 aromatic heterocycles. The van der Waals surface area contributed by atoms with Gasteiger partial charge in [0.15, 0.2) is 5.78 Å². The largest absolute Gasteiger partial charge is 0.319 e. The van der Waals surface area contributed by atoms with Crippen molar-refractivity contribution in [1.82, 2.24) is 9.78 Å². The summed E-state index contributed by atoms with van der Waals surface area (Å²) in [6.07, 6.45) is 3.34. The van der Waals surface area contributed by atoms with Crippen molar-refractivity contribution in [2.75, 3.05) is 5.32 Å². The number of nitrogens with one attached hydrogen (secondary N) is 1. The minimum Gasteiger partial charge on any atom is -0.319 e. The van der Waals surface area contributed by atoms with Gasteiger partial charge in [-0.2, -0.15) is 5.10 Å². The number of carbonyl (C=O) groups is 2. The monoisotopic (exact) mass is 493 g/mol. The maximum atomic E-state index is 12.9. The number of hydrogen-bond donors (Lipinski definition) is 1. The number of carbonyl (C=O) groups excluding carboxylic acids is 2. The smallest absolute Gasteiger partial charge is 0.256 e. The van der Waals surface area contributed by atoms with Gasteiger partial charge in [-0.05, 0) is 48.0 Å². The molecule has 7 heteroatoms. The molecule has 0 fully saturated rings. The van der Waals surface area contributed by atoms with Crippen molar-refractivity contribution < 1.29 is 9.59 Å². The molecule has 0 unspecified atom stereocenters. The van der Waals surface area contributed by atoms with Crippen molar-refractivity contribution in [3.63, 3.8) is 0 Å². The first kappa shape index (κ1) is 21.0. The summed E-state index contributed by atoms with van der Waals surface area (Å²) in [6.45, 7) is 0.578. The summed E-state index contributed by atoms with van der Waals surface area (Å²) < 4.78 is 2.75. The van der Waals surface area contributed by atoms with Crippen molar-refractivity contribution in [3.05, 3.63) is 117 Å². The van der Waals surface area contributed by atoms with Crippen LogP contribution in [-0.2, 0) is 6.54 Å². The summed E-state index contributed by atoms with van der Waals surface area (Å²) in [5.74, 6) is -0.616. The molecule has 1 N–H and O–H groups in total. The molecule has 0 saturated carbocycles. The lowest BCUT2D eigenvalue weighted by Crippen LogP contribution is -2.16. The van der Waals surface area contributed by atoms with Gasteiger partial charge < -0.3 is 5.32 Å². The number of hydrogen-bond acceptors (Lipinski definition) is 3. The Morgan fingerprint density at radius 2 is 1.61 bits per heavy atom. The van der Waals surface area contributed by atoms with E-state index in [2.05, 4.69) is 26.3 Å². The van der Waals surface area contributed by atoms with E-state index in [1.54, 1.807) is 65.6 Å². The molecule has 5 nitrogen and oxygen atoms in total. The predicted octanol–water partition coefficient (Wildman–Crippen LogP) is 5.83. The van der Waals surface area contributed by atoms with E-state index in [4.69, 9.17) is 11.6 Å². The van der Waals surface area contributed by atoms with E-state index in [1.807, 2.05) is 24.3 Å². The van der Waals surface area contributed by atoms with Crippen LogP contribution >= 0.6 is 27.5 Å². The van der Waals surface area contributed by atoms with Crippen LogP contribution in [0.25, 0.3) is 0 Å².